The van der Waals surface area contributed by atoms with E-state index in [2.05, 4.69) is 0 Å². The van der Waals surface area contributed by atoms with Crippen molar-refractivity contribution in [1.29, 1.82) is 0 Å². The van der Waals surface area contributed by atoms with E-state index in [4.69, 9.17) is 35.0 Å². The van der Waals surface area contributed by atoms with Crippen LogP contribution in [0.1, 0.15) is 46.5 Å². The summed E-state index contributed by atoms with van der Waals surface area (Å²) < 4.78 is 9.94. The van der Waals surface area contributed by atoms with Crippen LogP contribution in [0.15, 0.2) is 0 Å². The lowest BCUT2D eigenvalue weighted by Crippen LogP contribution is -2.45. The van der Waals surface area contributed by atoms with Gasteiger partial charge in [-0.2, -0.15) is 0 Å². The van der Waals surface area contributed by atoms with E-state index in [1.165, 1.54) is 0 Å². The Bertz CT molecular complexity index is 405. The van der Waals surface area contributed by atoms with Crippen LogP contribution >= 0.6 is 0 Å². The SMILES string of the molecule is CC(O)COC(C)CO.CCCCOC(CC(=O)O)(CC(=O)O)C(=O)O. The first-order valence-electron chi connectivity index (χ1n) is 8.22. The zero-order valence-corrected chi connectivity index (χ0v) is 15.4. The highest BCUT2D eigenvalue weighted by molar-refractivity contribution is 5.88. The lowest BCUT2D eigenvalue weighted by molar-refractivity contribution is -0.178. The number of aliphatic carboxylic acids is 3. The van der Waals surface area contributed by atoms with Gasteiger partial charge in [0.25, 0.3) is 0 Å². The van der Waals surface area contributed by atoms with Crippen molar-refractivity contribution in [2.75, 3.05) is 19.8 Å². The van der Waals surface area contributed by atoms with Crippen molar-refractivity contribution in [3.63, 3.8) is 0 Å². The van der Waals surface area contributed by atoms with E-state index in [1.54, 1.807) is 13.8 Å². The van der Waals surface area contributed by atoms with Gasteiger partial charge in [-0.25, -0.2) is 4.79 Å². The molecule has 0 heterocycles. The largest absolute Gasteiger partial charge is 0.481 e. The number of aliphatic hydroxyl groups excluding tert-OH is 2. The molecule has 10 nitrogen and oxygen atoms in total. The average molecular weight is 382 g/mol. The zero-order valence-electron chi connectivity index (χ0n) is 15.4. The number of unbranched alkanes of at least 4 members (excludes halogenated alkanes) is 1. The van der Waals surface area contributed by atoms with E-state index < -0.39 is 42.5 Å². The molecule has 0 saturated carbocycles. The Hall–Kier alpha value is -1.75. The number of hydrogen-bond acceptors (Lipinski definition) is 7. The number of rotatable bonds is 13. The van der Waals surface area contributed by atoms with Gasteiger partial charge in [0.05, 0.1) is 38.3 Å². The molecular formula is C16H30O10. The molecule has 0 aromatic heterocycles. The molecular weight excluding hydrogens is 352 g/mol. The van der Waals surface area contributed by atoms with E-state index in [0.717, 1.165) is 6.42 Å². The van der Waals surface area contributed by atoms with Crippen LogP contribution in [0.2, 0.25) is 0 Å². The fraction of sp³-hybridized carbons (Fsp3) is 0.812. The van der Waals surface area contributed by atoms with Crippen molar-refractivity contribution < 1.29 is 49.4 Å². The maximum Gasteiger partial charge on any atom is 0.337 e. The van der Waals surface area contributed by atoms with Crippen LogP contribution in [0.4, 0.5) is 0 Å². The van der Waals surface area contributed by atoms with Crippen LogP contribution in [0.25, 0.3) is 0 Å². The monoisotopic (exact) mass is 382 g/mol. The van der Waals surface area contributed by atoms with Gasteiger partial charge in [0.2, 0.25) is 0 Å². The number of aliphatic hydroxyl groups is 2. The van der Waals surface area contributed by atoms with Gasteiger partial charge >= 0.3 is 17.9 Å². The fourth-order valence-corrected chi connectivity index (χ4v) is 1.63. The Labute approximate surface area is 152 Å². The minimum Gasteiger partial charge on any atom is -0.481 e. The Balaban J connectivity index is 0. The van der Waals surface area contributed by atoms with Crippen LogP contribution in [0, 0.1) is 0 Å². The summed E-state index contributed by atoms with van der Waals surface area (Å²) in [5, 5.41) is 43.4. The topological polar surface area (TPSA) is 171 Å². The van der Waals surface area contributed by atoms with Crippen molar-refractivity contribution in [2.24, 2.45) is 0 Å². The first-order valence-corrected chi connectivity index (χ1v) is 8.22. The maximum absolute atomic E-state index is 11.0. The van der Waals surface area contributed by atoms with Crippen molar-refractivity contribution in [3.8, 4) is 0 Å². The summed E-state index contributed by atoms with van der Waals surface area (Å²) in [7, 11) is 0. The maximum atomic E-state index is 11.0. The third-order valence-electron chi connectivity index (χ3n) is 3.02. The van der Waals surface area contributed by atoms with Crippen molar-refractivity contribution >= 4 is 17.9 Å². The number of carbonyl (C=O) groups is 3. The van der Waals surface area contributed by atoms with Gasteiger partial charge in [-0.1, -0.05) is 13.3 Å². The summed E-state index contributed by atoms with van der Waals surface area (Å²) in [6.45, 7) is 5.56. The summed E-state index contributed by atoms with van der Waals surface area (Å²) in [5.74, 6) is -4.39. The average Bonchev–Trinajstić information content (AvgIpc) is 2.51. The minimum absolute atomic E-state index is 0.00667. The second kappa shape index (κ2) is 14.4. The lowest BCUT2D eigenvalue weighted by atomic mass is 9.95. The van der Waals surface area contributed by atoms with Gasteiger partial charge in [0.15, 0.2) is 5.60 Å². The molecule has 154 valence electrons. The summed E-state index contributed by atoms with van der Waals surface area (Å²) in [6, 6.07) is 0. The first-order chi connectivity index (χ1) is 12.0. The molecule has 0 bridgehead atoms. The zero-order chi connectivity index (χ0) is 20.8. The first kappa shape index (κ1) is 26.5. The molecule has 5 N–H and O–H groups in total. The smallest absolute Gasteiger partial charge is 0.337 e. The van der Waals surface area contributed by atoms with E-state index >= 15 is 0 Å². The van der Waals surface area contributed by atoms with Crippen LogP contribution in [0.5, 0.6) is 0 Å². The molecule has 0 fully saturated rings. The third-order valence-corrected chi connectivity index (χ3v) is 3.02. The molecule has 10 heteroatoms. The highest BCUT2D eigenvalue weighted by atomic mass is 16.5. The van der Waals surface area contributed by atoms with Gasteiger partial charge < -0.3 is 35.0 Å². The van der Waals surface area contributed by atoms with Gasteiger partial charge in [-0.3, -0.25) is 9.59 Å². The summed E-state index contributed by atoms with van der Waals surface area (Å²) in [5.41, 5.74) is -2.19. The summed E-state index contributed by atoms with van der Waals surface area (Å²) in [6.07, 6.45) is -1.10. The highest BCUT2D eigenvalue weighted by Gasteiger charge is 2.44. The Morgan fingerprint density at radius 3 is 1.85 bits per heavy atom. The molecule has 0 aromatic rings. The van der Waals surface area contributed by atoms with Gasteiger partial charge in [-0.15, -0.1) is 0 Å². The quantitative estimate of drug-likeness (QED) is 0.280. The second-order valence-corrected chi connectivity index (χ2v) is 5.82. The molecule has 0 radical (unpaired) electrons. The molecule has 0 rings (SSSR count). The van der Waals surface area contributed by atoms with E-state index in [-0.39, 0.29) is 19.3 Å². The molecule has 0 aromatic carbocycles. The standard InChI is InChI=1S/C10H16O7.C6H14O3/c1-2-3-4-17-10(9(15)16,5-7(11)12)6-8(13)14;1-5(8)4-9-6(2)3-7/h2-6H2,1H3,(H,11,12)(H,13,14)(H,15,16);5-8H,3-4H2,1-2H3. The Morgan fingerprint density at radius 2 is 1.54 bits per heavy atom. The molecule has 0 saturated heterocycles. The number of ether oxygens (including phenoxy) is 2. The minimum atomic E-state index is -2.19. The van der Waals surface area contributed by atoms with Gasteiger partial charge in [-0.05, 0) is 20.3 Å². The van der Waals surface area contributed by atoms with E-state index in [9.17, 15) is 14.4 Å². The lowest BCUT2D eigenvalue weighted by Gasteiger charge is -2.26. The predicted molar refractivity (Wildman–Crippen MR) is 89.9 cm³/mol. The molecule has 2 atom stereocenters. The van der Waals surface area contributed by atoms with Crippen molar-refractivity contribution in [2.45, 2.75) is 64.3 Å². The van der Waals surface area contributed by atoms with Crippen LogP contribution in [-0.4, -0.2) is 81.1 Å². The number of carboxylic acid groups (broad SMARTS) is 3. The Morgan fingerprint density at radius 1 is 1.04 bits per heavy atom. The van der Waals surface area contributed by atoms with Crippen molar-refractivity contribution in [3.05, 3.63) is 0 Å². The molecule has 0 amide bonds. The highest BCUT2D eigenvalue weighted by Crippen LogP contribution is 2.22. The van der Waals surface area contributed by atoms with Crippen molar-refractivity contribution in [1.82, 2.24) is 0 Å². The molecule has 0 spiro atoms. The van der Waals surface area contributed by atoms with Crippen LogP contribution < -0.4 is 0 Å². The van der Waals surface area contributed by atoms with Gasteiger partial charge in [0.1, 0.15) is 0 Å². The third kappa shape index (κ3) is 13.5. The summed E-state index contributed by atoms with van der Waals surface area (Å²) in [4.78, 5) is 32.2. The normalized spacial score (nSPS) is 13.3. The van der Waals surface area contributed by atoms with Gasteiger partial charge in [0, 0.05) is 6.61 Å². The Kier molecular flexibility index (Phi) is 14.7. The number of carboxylic acids is 3. The molecule has 26 heavy (non-hydrogen) atoms. The van der Waals surface area contributed by atoms with E-state index in [0.29, 0.717) is 13.0 Å². The number of hydrogen-bond donors (Lipinski definition) is 5. The fourth-order valence-electron chi connectivity index (χ4n) is 1.63. The molecule has 0 aliphatic carbocycles. The van der Waals surface area contributed by atoms with Crippen LogP contribution in [0.3, 0.4) is 0 Å². The predicted octanol–water partition coefficient (Wildman–Crippen LogP) is 0.341. The van der Waals surface area contributed by atoms with E-state index in [1.807, 2.05) is 6.92 Å². The van der Waals surface area contributed by atoms with Crippen LogP contribution in [-0.2, 0) is 23.9 Å². The second-order valence-electron chi connectivity index (χ2n) is 5.82. The summed E-state index contributed by atoms with van der Waals surface area (Å²) >= 11 is 0. The molecule has 0 aliphatic rings. The molecule has 2 unspecified atom stereocenters. The molecule has 0 aliphatic heterocycles.